The van der Waals surface area contributed by atoms with Crippen molar-refractivity contribution < 1.29 is 17.9 Å². The second-order valence-electron chi connectivity index (χ2n) is 7.10. The van der Waals surface area contributed by atoms with Gasteiger partial charge in [0.2, 0.25) is 0 Å². The van der Waals surface area contributed by atoms with E-state index in [1.807, 2.05) is 6.92 Å². The number of nitrogens with one attached hydrogen (secondary N) is 1. The molecule has 2 fully saturated rings. The lowest BCUT2D eigenvalue weighted by molar-refractivity contribution is -0.142. The molecule has 0 aromatic rings. The van der Waals surface area contributed by atoms with E-state index in [-0.39, 0.29) is 0 Å². The third-order valence-corrected chi connectivity index (χ3v) is 4.73. The van der Waals surface area contributed by atoms with Gasteiger partial charge in [0.15, 0.2) is 5.96 Å². The van der Waals surface area contributed by atoms with Crippen LogP contribution in [0.3, 0.4) is 0 Å². The maximum absolute atomic E-state index is 12.4. The Morgan fingerprint density at radius 3 is 2.65 bits per heavy atom. The Labute approximate surface area is 154 Å². The van der Waals surface area contributed by atoms with E-state index in [0.29, 0.717) is 19.0 Å². The topological polar surface area (TPSA) is 43.3 Å². The number of hydrogen-bond donors (Lipinski definition) is 1. The maximum atomic E-state index is 12.4. The molecule has 0 bridgehead atoms. The molecule has 152 valence electrons. The fourth-order valence-corrected chi connectivity index (χ4v) is 3.46. The number of likely N-dealkylation sites (N-methyl/N-ethyl adjacent to an activating group) is 1. The quantitative estimate of drug-likeness (QED) is 0.530. The minimum Gasteiger partial charge on any atom is -0.379 e. The first-order valence-electron chi connectivity index (χ1n) is 9.46. The molecule has 2 aliphatic rings. The lowest BCUT2D eigenvalue weighted by Gasteiger charge is -2.29. The van der Waals surface area contributed by atoms with Gasteiger partial charge in [0, 0.05) is 45.8 Å². The van der Waals surface area contributed by atoms with Crippen LogP contribution in [-0.2, 0) is 4.74 Å². The largest absolute Gasteiger partial charge is 0.401 e. The maximum Gasteiger partial charge on any atom is 0.401 e. The van der Waals surface area contributed by atoms with Crippen LogP contribution in [0.25, 0.3) is 0 Å². The predicted molar refractivity (Wildman–Crippen MR) is 96.5 cm³/mol. The van der Waals surface area contributed by atoms with Crippen LogP contribution in [0.2, 0.25) is 0 Å². The van der Waals surface area contributed by atoms with Crippen LogP contribution in [0.4, 0.5) is 13.2 Å². The second kappa shape index (κ2) is 10.3. The molecule has 6 nitrogen and oxygen atoms in total. The number of aliphatic imine (C=N–C) groups is 1. The minimum absolute atomic E-state index is 0.291. The lowest BCUT2D eigenvalue weighted by Crippen LogP contribution is -2.42. The summed E-state index contributed by atoms with van der Waals surface area (Å²) in [5.74, 6) is 1.42. The summed E-state index contributed by atoms with van der Waals surface area (Å²) in [6, 6.07) is 0. The Hall–Kier alpha value is -1.06. The van der Waals surface area contributed by atoms with E-state index in [2.05, 4.69) is 20.1 Å². The molecule has 0 radical (unpaired) electrons. The normalized spacial score (nSPS) is 23.1. The Morgan fingerprint density at radius 2 is 2.00 bits per heavy atom. The molecule has 0 amide bonds. The Bertz CT molecular complexity index is 441. The Balaban J connectivity index is 1.78. The van der Waals surface area contributed by atoms with Crippen LogP contribution in [0.15, 0.2) is 4.99 Å². The monoisotopic (exact) mass is 379 g/mol. The van der Waals surface area contributed by atoms with Gasteiger partial charge >= 0.3 is 6.18 Å². The van der Waals surface area contributed by atoms with Gasteiger partial charge in [-0.15, -0.1) is 0 Å². The van der Waals surface area contributed by atoms with E-state index in [1.54, 1.807) is 0 Å². The fraction of sp³-hybridized carbons (Fsp3) is 0.941. The van der Waals surface area contributed by atoms with Crippen molar-refractivity contribution in [3.8, 4) is 0 Å². The fourth-order valence-electron chi connectivity index (χ4n) is 3.46. The van der Waals surface area contributed by atoms with Crippen LogP contribution in [-0.4, -0.2) is 106 Å². The SMILES string of the molecule is CCNC(=NCCN(C)CC(F)(F)F)N1CCC(CN2CCOCC2)C1. The molecule has 0 aromatic heterocycles. The second-order valence-corrected chi connectivity index (χ2v) is 7.10. The molecule has 0 aliphatic carbocycles. The highest BCUT2D eigenvalue weighted by Crippen LogP contribution is 2.18. The molecule has 0 aromatic carbocycles. The van der Waals surface area contributed by atoms with Crippen molar-refractivity contribution in [1.29, 1.82) is 0 Å². The van der Waals surface area contributed by atoms with Crippen molar-refractivity contribution in [3.05, 3.63) is 0 Å². The van der Waals surface area contributed by atoms with E-state index in [9.17, 15) is 13.2 Å². The highest BCUT2D eigenvalue weighted by molar-refractivity contribution is 5.80. The van der Waals surface area contributed by atoms with Gasteiger partial charge in [0.25, 0.3) is 0 Å². The Kier molecular flexibility index (Phi) is 8.43. The first-order valence-corrected chi connectivity index (χ1v) is 9.46. The first-order chi connectivity index (χ1) is 12.4. The van der Waals surface area contributed by atoms with Crippen molar-refractivity contribution in [2.24, 2.45) is 10.9 Å². The molecular weight excluding hydrogens is 347 g/mol. The predicted octanol–water partition coefficient (Wildman–Crippen LogP) is 1.10. The number of guanidine groups is 1. The summed E-state index contributed by atoms with van der Waals surface area (Å²) in [6.45, 7) is 9.09. The number of rotatable bonds is 7. The number of likely N-dealkylation sites (tertiary alicyclic amines) is 1. The highest BCUT2D eigenvalue weighted by atomic mass is 19.4. The number of ether oxygens (including phenoxy) is 1. The van der Waals surface area contributed by atoms with Gasteiger partial charge in [-0.3, -0.25) is 14.8 Å². The summed E-state index contributed by atoms with van der Waals surface area (Å²) < 4.78 is 42.5. The molecule has 0 spiro atoms. The molecule has 2 aliphatic heterocycles. The molecule has 1 atom stereocenters. The van der Waals surface area contributed by atoms with Crippen LogP contribution in [0.1, 0.15) is 13.3 Å². The number of hydrogen-bond acceptors (Lipinski definition) is 4. The number of alkyl halides is 3. The highest BCUT2D eigenvalue weighted by Gasteiger charge is 2.29. The third kappa shape index (κ3) is 7.67. The van der Waals surface area contributed by atoms with Gasteiger partial charge in [0.1, 0.15) is 0 Å². The van der Waals surface area contributed by atoms with E-state index >= 15 is 0 Å². The number of nitrogens with zero attached hydrogens (tertiary/aromatic N) is 4. The van der Waals surface area contributed by atoms with Crippen molar-refractivity contribution in [2.75, 3.05) is 79.2 Å². The van der Waals surface area contributed by atoms with Gasteiger partial charge in [-0.1, -0.05) is 0 Å². The Morgan fingerprint density at radius 1 is 1.27 bits per heavy atom. The summed E-state index contributed by atoms with van der Waals surface area (Å²) in [5.41, 5.74) is 0. The third-order valence-electron chi connectivity index (χ3n) is 4.73. The molecule has 9 heteroatoms. The van der Waals surface area contributed by atoms with E-state index in [4.69, 9.17) is 4.74 Å². The van der Waals surface area contributed by atoms with Crippen molar-refractivity contribution in [2.45, 2.75) is 19.5 Å². The summed E-state index contributed by atoms with van der Waals surface area (Å²) >= 11 is 0. The van der Waals surface area contributed by atoms with E-state index in [0.717, 1.165) is 64.9 Å². The zero-order valence-electron chi connectivity index (χ0n) is 15.9. The molecule has 0 saturated carbocycles. The van der Waals surface area contributed by atoms with Gasteiger partial charge < -0.3 is 15.0 Å². The zero-order valence-corrected chi connectivity index (χ0v) is 15.9. The van der Waals surface area contributed by atoms with Gasteiger partial charge in [0.05, 0.1) is 26.3 Å². The molecule has 2 saturated heterocycles. The molecular formula is C17H32F3N5O. The summed E-state index contributed by atoms with van der Waals surface area (Å²) in [7, 11) is 1.48. The first kappa shape index (κ1) is 21.2. The van der Waals surface area contributed by atoms with Crippen LogP contribution in [0, 0.1) is 5.92 Å². The standard InChI is InChI=1S/C17H32F3N5O/c1-3-21-16(22-5-7-23(2)14-17(18,19)20)25-6-4-15(13-25)12-24-8-10-26-11-9-24/h15H,3-14H2,1-2H3,(H,21,22). The average Bonchev–Trinajstić information content (AvgIpc) is 3.01. The average molecular weight is 379 g/mol. The van der Waals surface area contributed by atoms with E-state index < -0.39 is 12.7 Å². The summed E-state index contributed by atoms with van der Waals surface area (Å²) in [5, 5.41) is 3.27. The van der Waals surface area contributed by atoms with Crippen LogP contribution < -0.4 is 5.32 Å². The van der Waals surface area contributed by atoms with Crippen molar-refractivity contribution >= 4 is 5.96 Å². The van der Waals surface area contributed by atoms with Gasteiger partial charge in [-0.25, -0.2) is 0 Å². The summed E-state index contributed by atoms with van der Waals surface area (Å²) in [4.78, 5) is 10.5. The number of halogens is 3. The van der Waals surface area contributed by atoms with Crippen molar-refractivity contribution in [3.63, 3.8) is 0 Å². The molecule has 1 N–H and O–H groups in total. The molecule has 2 heterocycles. The van der Waals surface area contributed by atoms with E-state index in [1.165, 1.54) is 11.9 Å². The number of morpholine rings is 1. The van der Waals surface area contributed by atoms with Crippen LogP contribution >= 0.6 is 0 Å². The molecule has 1 unspecified atom stereocenters. The minimum atomic E-state index is -4.16. The van der Waals surface area contributed by atoms with Gasteiger partial charge in [-0.2, -0.15) is 13.2 Å². The smallest absolute Gasteiger partial charge is 0.379 e. The lowest BCUT2D eigenvalue weighted by atomic mass is 10.1. The van der Waals surface area contributed by atoms with Crippen LogP contribution in [0.5, 0.6) is 0 Å². The van der Waals surface area contributed by atoms with Crippen molar-refractivity contribution in [1.82, 2.24) is 20.0 Å². The zero-order chi connectivity index (χ0) is 19.0. The molecule has 26 heavy (non-hydrogen) atoms. The van der Waals surface area contributed by atoms with Gasteiger partial charge in [-0.05, 0) is 26.3 Å². The summed E-state index contributed by atoms with van der Waals surface area (Å²) in [6.07, 6.45) is -3.04. The molecule has 2 rings (SSSR count).